The number of morpholine rings is 1. The number of carbonyl (C=O) groups is 1. The second-order valence-corrected chi connectivity index (χ2v) is 11.0. The fourth-order valence-corrected chi connectivity index (χ4v) is 5.59. The van der Waals surface area contributed by atoms with Crippen LogP contribution in [0, 0.1) is 6.92 Å². The molecule has 1 saturated heterocycles. The first kappa shape index (κ1) is 26.6. The van der Waals surface area contributed by atoms with E-state index in [0.29, 0.717) is 32.2 Å². The van der Waals surface area contributed by atoms with Crippen LogP contribution < -0.4 is 16.0 Å². The minimum Gasteiger partial charge on any atom is -0.379 e. The van der Waals surface area contributed by atoms with Crippen LogP contribution in [0.4, 0.5) is 22.0 Å². The Labute approximate surface area is 235 Å². The van der Waals surface area contributed by atoms with Gasteiger partial charge in [-0.3, -0.25) is 4.90 Å². The minimum atomic E-state index is -0.317. The van der Waals surface area contributed by atoms with Crippen molar-refractivity contribution < 1.29 is 9.53 Å². The van der Waals surface area contributed by atoms with E-state index in [1.807, 2.05) is 55.5 Å². The van der Waals surface area contributed by atoms with E-state index in [4.69, 9.17) is 37.9 Å². The van der Waals surface area contributed by atoms with Crippen molar-refractivity contribution in [3.8, 4) is 11.4 Å². The lowest BCUT2D eigenvalue weighted by molar-refractivity contribution is 0.0378. The van der Waals surface area contributed by atoms with Crippen LogP contribution in [0.3, 0.4) is 0 Å². The zero-order valence-electron chi connectivity index (χ0n) is 20.9. The molecule has 0 aliphatic carbocycles. The number of nitrogens with one attached hydrogen (secondary N) is 3. The van der Waals surface area contributed by atoms with Crippen molar-refractivity contribution in [1.29, 1.82) is 0 Å². The van der Waals surface area contributed by atoms with Crippen LogP contribution in [0.1, 0.15) is 12.0 Å². The van der Waals surface area contributed by atoms with Gasteiger partial charge in [0.15, 0.2) is 5.82 Å². The number of carbonyl (C=O) groups excluding carboxylic acids is 1. The number of rotatable bonds is 8. The second-order valence-electron chi connectivity index (χ2n) is 9.02. The smallest absolute Gasteiger partial charge is 0.323 e. The number of aromatic nitrogens is 2. The van der Waals surface area contributed by atoms with E-state index in [9.17, 15) is 4.79 Å². The molecule has 0 bridgehead atoms. The van der Waals surface area contributed by atoms with Gasteiger partial charge in [-0.2, -0.15) is 0 Å². The Morgan fingerprint density at radius 3 is 2.34 bits per heavy atom. The number of urea groups is 1. The van der Waals surface area contributed by atoms with Gasteiger partial charge >= 0.3 is 6.03 Å². The number of hydrogen-bond donors (Lipinski definition) is 3. The highest BCUT2D eigenvalue weighted by molar-refractivity contribution is 7.24. The summed E-state index contributed by atoms with van der Waals surface area (Å²) in [4.78, 5) is 24.3. The van der Waals surface area contributed by atoms with E-state index in [2.05, 4.69) is 20.9 Å². The lowest BCUT2D eigenvalue weighted by Crippen LogP contribution is -2.37. The van der Waals surface area contributed by atoms with Crippen molar-refractivity contribution in [2.24, 2.45) is 0 Å². The quantitative estimate of drug-likeness (QED) is 0.203. The van der Waals surface area contributed by atoms with E-state index in [1.54, 1.807) is 0 Å². The van der Waals surface area contributed by atoms with Gasteiger partial charge in [-0.1, -0.05) is 40.9 Å². The maximum Gasteiger partial charge on any atom is 0.323 e. The third kappa shape index (κ3) is 6.54. The highest BCUT2D eigenvalue weighted by atomic mass is 35.5. The predicted molar refractivity (Wildman–Crippen MR) is 157 cm³/mol. The van der Waals surface area contributed by atoms with Crippen molar-refractivity contribution in [3.05, 3.63) is 63.5 Å². The van der Waals surface area contributed by atoms with Gasteiger partial charge < -0.3 is 20.7 Å². The topological polar surface area (TPSA) is 91.4 Å². The Balaban J connectivity index is 1.28. The molecule has 4 aromatic rings. The molecule has 5 rings (SSSR count). The molecule has 3 heterocycles. The molecular weight excluding hydrogens is 543 g/mol. The Bertz CT molecular complexity index is 1410. The Kier molecular flexibility index (Phi) is 8.61. The fourth-order valence-electron chi connectivity index (χ4n) is 4.14. The third-order valence-corrected chi connectivity index (χ3v) is 8.17. The van der Waals surface area contributed by atoms with Crippen LogP contribution in [-0.2, 0) is 4.74 Å². The standard InChI is InChI=1S/C27H28Cl2N6O2S/c1-17-3-7-19(8-4-17)31-27(36)32-20-9-5-18(6-10-20)25-33-22-21(28)24(29)38-23(22)26(34-25)30-11-2-12-35-13-15-37-16-14-35/h3-10H,2,11-16H2,1H3,(H,30,33,34)(H2,31,32,36). The van der Waals surface area contributed by atoms with Gasteiger partial charge in [-0.05, 0) is 56.3 Å². The van der Waals surface area contributed by atoms with Gasteiger partial charge in [0.1, 0.15) is 15.7 Å². The second kappa shape index (κ2) is 12.3. The van der Waals surface area contributed by atoms with Crippen molar-refractivity contribution >= 4 is 68.0 Å². The summed E-state index contributed by atoms with van der Waals surface area (Å²) in [6.45, 7) is 7.28. The van der Waals surface area contributed by atoms with Gasteiger partial charge in [-0.25, -0.2) is 14.8 Å². The lowest BCUT2D eigenvalue weighted by atomic mass is 10.2. The van der Waals surface area contributed by atoms with Gasteiger partial charge in [0, 0.05) is 36.6 Å². The summed E-state index contributed by atoms with van der Waals surface area (Å²) in [6.07, 6.45) is 0.971. The minimum absolute atomic E-state index is 0.317. The molecule has 1 aliphatic heterocycles. The molecule has 1 aliphatic rings. The van der Waals surface area contributed by atoms with Gasteiger partial charge in [0.05, 0.1) is 22.9 Å². The Morgan fingerprint density at radius 1 is 1.00 bits per heavy atom. The number of nitrogens with zero attached hydrogens (tertiary/aromatic N) is 3. The summed E-state index contributed by atoms with van der Waals surface area (Å²) < 4.78 is 6.75. The summed E-state index contributed by atoms with van der Waals surface area (Å²) >= 11 is 14.2. The first-order chi connectivity index (χ1) is 18.5. The largest absolute Gasteiger partial charge is 0.379 e. The van der Waals surface area contributed by atoms with Gasteiger partial charge in [-0.15, -0.1) is 11.3 Å². The maximum atomic E-state index is 12.4. The molecule has 2 aromatic heterocycles. The van der Waals surface area contributed by atoms with Crippen LogP contribution in [-0.4, -0.2) is 60.3 Å². The van der Waals surface area contributed by atoms with Gasteiger partial charge in [0.25, 0.3) is 0 Å². The zero-order valence-corrected chi connectivity index (χ0v) is 23.2. The van der Waals surface area contributed by atoms with Crippen LogP contribution in [0.15, 0.2) is 48.5 Å². The molecule has 0 unspecified atom stereocenters. The monoisotopic (exact) mass is 570 g/mol. The molecule has 11 heteroatoms. The fraction of sp³-hybridized carbons (Fsp3) is 0.296. The first-order valence-electron chi connectivity index (χ1n) is 12.4. The Morgan fingerprint density at radius 2 is 1.66 bits per heavy atom. The Hall–Kier alpha value is -2.95. The van der Waals surface area contributed by atoms with Crippen LogP contribution in [0.5, 0.6) is 0 Å². The van der Waals surface area contributed by atoms with E-state index in [-0.39, 0.29) is 6.03 Å². The molecule has 2 aromatic carbocycles. The number of thiophene rings is 1. The number of ether oxygens (including phenoxy) is 1. The van der Waals surface area contributed by atoms with E-state index in [0.717, 1.165) is 67.3 Å². The van der Waals surface area contributed by atoms with E-state index in [1.165, 1.54) is 11.3 Å². The van der Waals surface area contributed by atoms with Crippen LogP contribution >= 0.6 is 34.5 Å². The molecule has 3 N–H and O–H groups in total. The summed E-state index contributed by atoms with van der Waals surface area (Å²) in [5.74, 6) is 1.24. The molecule has 0 saturated carbocycles. The van der Waals surface area contributed by atoms with Crippen molar-refractivity contribution in [1.82, 2.24) is 14.9 Å². The number of benzene rings is 2. The number of amides is 2. The summed E-state index contributed by atoms with van der Waals surface area (Å²) in [7, 11) is 0. The maximum absolute atomic E-state index is 12.4. The first-order valence-corrected chi connectivity index (χ1v) is 14.0. The highest BCUT2D eigenvalue weighted by Crippen LogP contribution is 2.41. The molecule has 0 atom stereocenters. The summed E-state index contributed by atoms with van der Waals surface area (Å²) in [5, 5.41) is 9.56. The van der Waals surface area contributed by atoms with E-state index >= 15 is 0 Å². The van der Waals surface area contributed by atoms with E-state index < -0.39 is 0 Å². The molecule has 0 radical (unpaired) electrons. The molecule has 0 spiro atoms. The molecule has 1 fully saturated rings. The molecular formula is C27H28Cl2N6O2S. The number of aryl methyl sites for hydroxylation is 1. The summed E-state index contributed by atoms with van der Waals surface area (Å²) in [5.41, 5.74) is 3.93. The van der Waals surface area contributed by atoms with Gasteiger partial charge in [0.2, 0.25) is 0 Å². The molecule has 38 heavy (non-hydrogen) atoms. The number of anilines is 3. The molecule has 2 amide bonds. The van der Waals surface area contributed by atoms with Crippen molar-refractivity contribution in [2.75, 3.05) is 55.3 Å². The van der Waals surface area contributed by atoms with Crippen molar-refractivity contribution in [3.63, 3.8) is 0 Å². The highest BCUT2D eigenvalue weighted by Gasteiger charge is 2.18. The van der Waals surface area contributed by atoms with Crippen molar-refractivity contribution in [2.45, 2.75) is 13.3 Å². The van der Waals surface area contributed by atoms with Crippen LogP contribution in [0.25, 0.3) is 21.6 Å². The average molecular weight is 572 g/mol. The average Bonchev–Trinajstić information content (AvgIpc) is 3.22. The molecule has 198 valence electrons. The van der Waals surface area contributed by atoms with Crippen LogP contribution in [0.2, 0.25) is 9.36 Å². The number of hydrogen-bond acceptors (Lipinski definition) is 7. The summed E-state index contributed by atoms with van der Waals surface area (Å²) in [6, 6.07) is 14.7. The predicted octanol–water partition coefficient (Wildman–Crippen LogP) is 6.75. The number of fused-ring (bicyclic) bond motifs is 1. The third-order valence-electron chi connectivity index (χ3n) is 6.20. The lowest BCUT2D eigenvalue weighted by Gasteiger charge is -2.26. The zero-order chi connectivity index (χ0) is 26.5. The normalized spacial score (nSPS) is 14.0. The SMILES string of the molecule is Cc1ccc(NC(=O)Nc2ccc(-c3nc(NCCCN4CCOCC4)c4sc(Cl)c(Cl)c4n3)cc2)cc1. The molecule has 8 nitrogen and oxygen atoms in total. The number of halogens is 2.